The quantitative estimate of drug-likeness (QED) is 0.377. The molecule has 1 nitrogen and oxygen atoms in total. The van der Waals surface area contributed by atoms with Crippen LogP contribution in [-0.4, -0.2) is 4.98 Å². The Kier molecular flexibility index (Phi) is 4.93. The zero-order valence-electron chi connectivity index (χ0n) is 15.3. The van der Waals surface area contributed by atoms with Crippen molar-refractivity contribution in [2.24, 2.45) is 0 Å². The maximum atomic E-state index is 4.67. The molecule has 0 aliphatic rings. The number of aromatic nitrogens is 1. The van der Waals surface area contributed by atoms with Crippen LogP contribution in [0.15, 0.2) is 103 Å². The highest BCUT2D eigenvalue weighted by Gasteiger charge is 2.13. The molecule has 1 heteroatoms. The van der Waals surface area contributed by atoms with Crippen molar-refractivity contribution in [1.82, 2.24) is 4.98 Å². The highest BCUT2D eigenvalue weighted by atomic mass is 14.7. The summed E-state index contributed by atoms with van der Waals surface area (Å²) in [5.74, 6) is 0. The van der Waals surface area contributed by atoms with E-state index in [1.54, 1.807) is 0 Å². The first-order chi connectivity index (χ1) is 13.3. The van der Waals surface area contributed by atoms with Gasteiger partial charge in [-0.3, -0.25) is 4.98 Å². The molecule has 3 aromatic carbocycles. The zero-order chi connectivity index (χ0) is 18.5. The van der Waals surface area contributed by atoms with Crippen LogP contribution in [0.1, 0.15) is 22.3 Å². The molecule has 27 heavy (non-hydrogen) atoms. The minimum Gasteiger partial charge on any atom is -0.256 e. The van der Waals surface area contributed by atoms with Crippen LogP contribution in [0.4, 0.5) is 0 Å². The average molecular weight is 347 g/mol. The highest BCUT2D eigenvalue weighted by Crippen LogP contribution is 2.34. The third-order valence-corrected chi connectivity index (χ3v) is 4.68. The molecule has 0 fully saturated rings. The smallest absolute Gasteiger partial charge is 0.0737 e. The van der Waals surface area contributed by atoms with Crippen molar-refractivity contribution in [3.63, 3.8) is 0 Å². The lowest BCUT2D eigenvalue weighted by molar-refractivity contribution is 1.27. The Morgan fingerprint density at radius 1 is 0.704 bits per heavy atom. The molecule has 0 amide bonds. The summed E-state index contributed by atoms with van der Waals surface area (Å²) in [7, 11) is 0. The van der Waals surface area contributed by atoms with E-state index in [1.807, 2.05) is 18.3 Å². The Balaban J connectivity index is 1.95. The van der Waals surface area contributed by atoms with Gasteiger partial charge in [0.05, 0.1) is 5.69 Å². The van der Waals surface area contributed by atoms with Crippen LogP contribution in [0.3, 0.4) is 0 Å². The normalized spacial score (nSPS) is 11.4. The van der Waals surface area contributed by atoms with Crippen LogP contribution in [-0.2, 0) is 0 Å². The number of benzene rings is 3. The molecule has 0 spiro atoms. The van der Waals surface area contributed by atoms with Crippen LogP contribution in [0, 0.1) is 6.92 Å². The molecule has 0 aliphatic heterocycles. The fourth-order valence-electron chi connectivity index (χ4n) is 3.34. The molecular formula is C26H21N. The van der Waals surface area contributed by atoms with E-state index < -0.39 is 0 Å². The summed E-state index contributed by atoms with van der Waals surface area (Å²) in [6, 6.07) is 33.6. The lowest BCUT2D eigenvalue weighted by Crippen LogP contribution is -1.95. The monoisotopic (exact) mass is 347 g/mol. The lowest BCUT2D eigenvalue weighted by atomic mass is 9.90. The van der Waals surface area contributed by atoms with Crippen molar-refractivity contribution in [3.05, 3.63) is 126 Å². The van der Waals surface area contributed by atoms with Gasteiger partial charge < -0.3 is 0 Å². The number of hydrogen-bond acceptors (Lipinski definition) is 1. The van der Waals surface area contributed by atoms with Gasteiger partial charge in [0.1, 0.15) is 0 Å². The van der Waals surface area contributed by atoms with Crippen molar-refractivity contribution in [3.8, 4) is 11.3 Å². The molecule has 0 N–H and O–H groups in total. The second kappa shape index (κ2) is 7.84. The van der Waals surface area contributed by atoms with Gasteiger partial charge in [-0.05, 0) is 46.9 Å². The third kappa shape index (κ3) is 3.73. The Morgan fingerprint density at radius 2 is 1.37 bits per heavy atom. The molecule has 1 aromatic heterocycles. The number of aryl methyl sites for hydroxylation is 1. The highest BCUT2D eigenvalue weighted by molar-refractivity contribution is 5.96. The Bertz CT molecular complexity index is 1060. The lowest BCUT2D eigenvalue weighted by Gasteiger charge is -2.15. The summed E-state index contributed by atoms with van der Waals surface area (Å²) in [4.78, 5) is 4.67. The summed E-state index contributed by atoms with van der Waals surface area (Å²) in [6.07, 6.45) is 4.12. The van der Waals surface area contributed by atoms with Crippen molar-refractivity contribution < 1.29 is 0 Å². The Hall–Kier alpha value is -3.45. The minimum atomic E-state index is 1.03. The van der Waals surface area contributed by atoms with Gasteiger partial charge in [-0.2, -0.15) is 0 Å². The summed E-state index contributed by atoms with van der Waals surface area (Å²) >= 11 is 0. The van der Waals surface area contributed by atoms with Crippen molar-refractivity contribution in [2.45, 2.75) is 6.92 Å². The first-order valence-corrected chi connectivity index (χ1v) is 9.16. The molecule has 4 rings (SSSR count). The van der Waals surface area contributed by atoms with E-state index in [1.165, 1.54) is 27.8 Å². The molecule has 0 radical (unpaired) electrons. The Labute approximate surface area is 160 Å². The first kappa shape index (κ1) is 17.0. The summed E-state index contributed by atoms with van der Waals surface area (Å²) in [5, 5.41) is 0. The second-order valence-corrected chi connectivity index (χ2v) is 6.55. The molecule has 0 saturated heterocycles. The van der Waals surface area contributed by atoms with Gasteiger partial charge in [0, 0.05) is 11.8 Å². The van der Waals surface area contributed by atoms with E-state index in [0.717, 1.165) is 11.3 Å². The molecule has 4 aromatic rings. The SMILES string of the molecule is Cc1cccnc1-c1ccccc1/C(=C/c1ccccc1)c1ccccc1. The summed E-state index contributed by atoms with van der Waals surface area (Å²) in [6.45, 7) is 2.11. The van der Waals surface area contributed by atoms with E-state index in [-0.39, 0.29) is 0 Å². The maximum Gasteiger partial charge on any atom is 0.0737 e. The topological polar surface area (TPSA) is 12.9 Å². The van der Waals surface area contributed by atoms with Crippen LogP contribution < -0.4 is 0 Å². The standard InChI is InChI=1S/C26H21N/c1-20-11-10-18-27-26(20)24-17-9-8-16-23(24)25(22-14-6-3-7-15-22)19-21-12-4-2-5-13-21/h2-19H,1H3/b25-19+. The van der Waals surface area contributed by atoms with E-state index in [2.05, 4.69) is 103 Å². The molecule has 0 unspecified atom stereocenters. The van der Waals surface area contributed by atoms with E-state index in [0.29, 0.717) is 0 Å². The van der Waals surface area contributed by atoms with E-state index >= 15 is 0 Å². The van der Waals surface area contributed by atoms with Crippen LogP contribution in [0.5, 0.6) is 0 Å². The molecule has 0 saturated carbocycles. The third-order valence-electron chi connectivity index (χ3n) is 4.68. The van der Waals surface area contributed by atoms with Crippen molar-refractivity contribution in [1.29, 1.82) is 0 Å². The largest absolute Gasteiger partial charge is 0.256 e. The average Bonchev–Trinajstić information content (AvgIpc) is 2.74. The van der Waals surface area contributed by atoms with Crippen LogP contribution in [0.25, 0.3) is 22.9 Å². The van der Waals surface area contributed by atoms with Gasteiger partial charge in [-0.1, -0.05) is 91.0 Å². The van der Waals surface area contributed by atoms with Gasteiger partial charge in [-0.15, -0.1) is 0 Å². The van der Waals surface area contributed by atoms with Gasteiger partial charge >= 0.3 is 0 Å². The van der Waals surface area contributed by atoms with Gasteiger partial charge in [0.15, 0.2) is 0 Å². The summed E-state index contributed by atoms with van der Waals surface area (Å²) < 4.78 is 0. The van der Waals surface area contributed by atoms with Gasteiger partial charge in [0.25, 0.3) is 0 Å². The second-order valence-electron chi connectivity index (χ2n) is 6.55. The van der Waals surface area contributed by atoms with Gasteiger partial charge in [-0.25, -0.2) is 0 Å². The number of hydrogen-bond donors (Lipinski definition) is 0. The fraction of sp³-hybridized carbons (Fsp3) is 0.0385. The summed E-state index contributed by atoms with van der Waals surface area (Å²) in [5.41, 5.74) is 8.13. The number of nitrogens with zero attached hydrogens (tertiary/aromatic N) is 1. The molecule has 130 valence electrons. The Morgan fingerprint density at radius 3 is 2.11 bits per heavy atom. The van der Waals surface area contributed by atoms with E-state index in [4.69, 9.17) is 0 Å². The molecular weight excluding hydrogens is 326 g/mol. The van der Waals surface area contributed by atoms with Crippen molar-refractivity contribution >= 4 is 11.6 Å². The first-order valence-electron chi connectivity index (χ1n) is 9.16. The fourth-order valence-corrected chi connectivity index (χ4v) is 3.34. The van der Waals surface area contributed by atoms with Crippen LogP contribution in [0.2, 0.25) is 0 Å². The predicted octanol–water partition coefficient (Wildman–Crippen LogP) is 6.65. The predicted molar refractivity (Wildman–Crippen MR) is 114 cm³/mol. The minimum absolute atomic E-state index is 1.03. The maximum absolute atomic E-state index is 4.67. The number of rotatable bonds is 4. The van der Waals surface area contributed by atoms with Gasteiger partial charge in [0.2, 0.25) is 0 Å². The van der Waals surface area contributed by atoms with Crippen LogP contribution >= 0.6 is 0 Å². The molecule has 0 aliphatic carbocycles. The molecule has 0 bridgehead atoms. The zero-order valence-corrected chi connectivity index (χ0v) is 15.3. The number of pyridine rings is 1. The molecule has 0 atom stereocenters. The van der Waals surface area contributed by atoms with E-state index in [9.17, 15) is 0 Å². The molecule has 1 heterocycles. The van der Waals surface area contributed by atoms with Crippen molar-refractivity contribution in [2.75, 3.05) is 0 Å².